The minimum Gasteiger partial charge on any atom is -0.480 e. The van der Waals surface area contributed by atoms with Gasteiger partial charge in [0.15, 0.2) is 6.10 Å². The standard InChI is InChI=1S/C16H10BrF6NO2/c1-7(16(21,22)23)26-13-6-9(17)12(20)5-8(13)15(25)24-14-10(18)3-2-4-11(14)19/h2-7H,1H3,(H,24,25). The number of halogens is 7. The molecule has 0 fully saturated rings. The number of hydrogen-bond acceptors (Lipinski definition) is 2. The lowest BCUT2D eigenvalue weighted by Gasteiger charge is -2.20. The van der Waals surface area contributed by atoms with Crippen LogP contribution < -0.4 is 10.1 Å². The van der Waals surface area contributed by atoms with Gasteiger partial charge in [0.1, 0.15) is 28.9 Å². The van der Waals surface area contributed by atoms with Gasteiger partial charge in [0.25, 0.3) is 5.91 Å². The minimum absolute atomic E-state index is 0.254. The topological polar surface area (TPSA) is 38.3 Å². The molecule has 0 aliphatic carbocycles. The Morgan fingerprint density at radius 3 is 2.23 bits per heavy atom. The molecule has 0 spiro atoms. The van der Waals surface area contributed by atoms with Gasteiger partial charge in [-0.3, -0.25) is 4.79 Å². The van der Waals surface area contributed by atoms with Crippen LogP contribution in [-0.2, 0) is 0 Å². The Kier molecular flexibility index (Phi) is 5.84. The van der Waals surface area contributed by atoms with Crippen LogP contribution in [0.4, 0.5) is 32.0 Å². The molecule has 3 nitrogen and oxygen atoms in total. The molecule has 0 saturated heterocycles. The van der Waals surface area contributed by atoms with Gasteiger partial charge >= 0.3 is 6.18 Å². The maximum Gasteiger partial charge on any atom is 0.425 e. The molecule has 26 heavy (non-hydrogen) atoms. The highest BCUT2D eigenvalue weighted by Crippen LogP contribution is 2.32. The molecule has 0 radical (unpaired) electrons. The number of amides is 1. The highest BCUT2D eigenvalue weighted by molar-refractivity contribution is 9.10. The number of anilines is 1. The first kappa shape index (κ1) is 20.1. The van der Waals surface area contributed by atoms with Crippen molar-refractivity contribution < 1.29 is 35.9 Å². The fraction of sp³-hybridized carbons (Fsp3) is 0.188. The van der Waals surface area contributed by atoms with Crippen LogP contribution >= 0.6 is 15.9 Å². The summed E-state index contributed by atoms with van der Waals surface area (Å²) in [5.41, 5.74) is -1.49. The Labute approximate surface area is 152 Å². The van der Waals surface area contributed by atoms with E-state index in [0.717, 1.165) is 24.3 Å². The van der Waals surface area contributed by atoms with E-state index in [2.05, 4.69) is 15.9 Å². The summed E-state index contributed by atoms with van der Waals surface area (Å²) in [5, 5.41) is 1.86. The van der Waals surface area contributed by atoms with Crippen molar-refractivity contribution in [1.29, 1.82) is 0 Å². The SMILES string of the molecule is CC(Oc1cc(Br)c(F)cc1C(=O)Nc1c(F)cccc1F)C(F)(F)F. The van der Waals surface area contributed by atoms with Gasteiger partial charge in [-0.1, -0.05) is 6.07 Å². The Bertz CT molecular complexity index is 820. The lowest BCUT2D eigenvalue weighted by atomic mass is 10.1. The summed E-state index contributed by atoms with van der Waals surface area (Å²) in [4.78, 5) is 12.2. The second-order valence-corrected chi connectivity index (χ2v) is 5.97. The average molecular weight is 442 g/mol. The number of nitrogens with one attached hydrogen (secondary N) is 1. The normalized spacial score (nSPS) is 12.6. The lowest BCUT2D eigenvalue weighted by molar-refractivity contribution is -0.189. The van der Waals surface area contributed by atoms with E-state index in [4.69, 9.17) is 4.74 Å². The molecule has 1 N–H and O–H groups in total. The first-order valence-electron chi connectivity index (χ1n) is 6.98. The van der Waals surface area contributed by atoms with E-state index in [1.165, 1.54) is 0 Å². The molecule has 0 aliphatic rings. The predicted molar refractivity (Wildman–Crippen MR) is 84.6 cm³/mol. The maximum atomic E-state index is 13.7. The van der Waals surface area contributed by atoms with Gasteiger partial charge in [-0.05, 0) is 47.1 Å². The van der Waals surface area contributed by atoms with E-state index < -0.39 is 52.6 Å². The molecule has 2 aromatic rings. The van der Waals surface area contributed by atoms with Crippen molar-refractivity contribution in [2.24, 2.45) is 0 Å². The number of alkyl halides is 3. The van der Waals surface area contributed by atoms with E-state index in [1.807, 2.05) is 5.32 Å². The second-order valence-electron chi connectivity index (χ2n) is 5.11. The number of benzene rings is 2. The van der Waals surface area contributed by atoms with Gasteiger partial charge in [-0.2, -0.15) is 13.2 Å². The summed E-state index contributed by atoms with van der Waals surface area (Å²) in [5.74, 6) is -5.05. The molecule has 2 aromatic carbocycles. The molecule has 0 aliphatic heterocycles. The van der Waals surface area contributed by atoms with Gasteiger partial charge in [-0.15, -0.1) is 0 Å². The molecular formula is C16H10BrF6NO2. The van der Waals surface area contributed by atoms with Crippen molar-refractivity contribution in [2.45, 2.75) is 19.2 Å². The Balaban J connectivity index is 2.41. The third-order valence-corrected chi connectivity index (χ3v) is 3.84. The van der Waals surface area contributed by atoms with Crippen LogP contribution in [0.3, 0.4) is 0 Å². The molecule has 0 aromatic heterocycles. The first-order chi connectivity index (χ1) is 12.0. The molecule has 0 heterocycles. The number of hydrogen-bond donors (Lipinski definition) is 1. The van der Waals surface area contributed by atoms with Crippen molar-refractivity contribution >= 4 is 27.5 Å². The highest BCUT2D eigenvalue weighted by atomic mass is 79.9. The van der Waals surface area contributed by atoms with E-state index in [9.17, 15) is 31.1 Å². The summed E-state index contributed by atoms with van der Waals surface area (Å²) in [7, 11) is 0. The third-order valence-electron chi connectivity index (χ3n) is 3.23. The Morgan fingerprint density at radius 2 is 1.69 bits per heavy atom. The monoisotopic (exact) mass is 441 g/mol. The van der Waals surface area contributed by atoms with Crippen LogP contribution in [0.15, 0.2) is 34.8 Å². The van der Waals surface area contributed by atoms with Crippen LogP contribution in [0.2, 0.25) is 0 Å². The predicted octanol–water partition coefficient (Wildman–Crippen LogP) is 5.45. The molecule has 0 bridgehead atoms. The minimum atomic E-state index is -4.74. The number of para-hydroxylation sites is 1. The zero-order valence-electron chi connectivity index (χ0n) is 12.9. The largest absolute Gasteiger partial charge is 0.480 e. The second kappa shape index (κ2) is 7.56. The summed E-state index contributed by atoms with van der Waals surface area (Å²) >= 11 is 2.77. The fourth-order valence-corrected chi connectivity index (χ4v) is 2.18. The fourth-order valence-electron chi connectivity index (χ4n) is 1.86. The number of ether oxygens (including phenoxy) is 1. The van der Waals surface area contributed by atoms with E-state index in [0.29, 0.717) is 13.0 Å². The van der Waals surface area contributed by atoms with E-state index in [1.54, 1.807) is 0 Å². The van der Waals surface area contributed by atoms with Crippen molar-refractivity contribution in [3.63, 3.8) is 0 Å². The quantitative estimate of drug-likeness (QED) is 0.640. The van der Waals surface area contributed by atoms with E-state index >= 15 is 0 Å². The summed E-state index contributed by atoms with van der Waals surface area (Å²) in [6.45, 7) is 0.690. The summed E-state index contributed by atoms with van der Waals surface area (Å²) in [6, 6.07) is 4.20. The lowest BCUT2D eigenvalue weighted by Crippen LogP contribution is -2.32. The van der Waals surface area contributed by atoms with Crippen LogP contribution in [0, 0.1) is 17.5 Å². The smallest absolute Gasteiger partial charge is 0.425 e. The Hall–Kier alpha value is -2.23. The van der Waals surface area contributed by atoms with Gasteiger partial charge in [-0.25, -0.2) is 13.2 Å². The van der Waals surface area contributed by atoms with Crippen molar-refractivity contribution in [3.05, 3.63) is 57.8 Å². The van der Waals surface area contributed by atoms with E-state index in [-0.39, 0.29) is 4.47 Å². The number of rotatable bonds is 4. The van der Waals surface area contributed by atoms with Crippen molar-refractivity contribution in [1.82, 2.24) is 0 Å². The molecule has 0 saturated carbocycles. The van der Waals surface area contributed by atoms with Gasteiger partial charge in [0, 0.05) is 0 Å². The third kappa shape index (κ3) is 4.48. The van der Waals surface area contributed by atoms with Crippen LogP contribution in [0.25, 0.3) is 0 Å². The van der Waals surface area contributed by atoms with Crippen LogP contribution in [0.1, 0.15) is 17.3 Å². The molecule has 10 heteroatoms. The number of carbonyl (C=O) groups excluding carboxylic acids is 1. The molecule has 140 valence electrons. The number of carbonyl (C=O) groups is 1. The maximum absolute atomic E-state index is 13.7. The molecule has 2 rings (SSSR count). The van der Waals surface area contributed by atoms with Crippen LogP contribution in [-0.4, -0.2) is 18.2 Å². The molecule has 1 unspecified atom stereocenters. The average Bonchev–Trinajstić information content (AvgIpc) is 2.53. The van der Waals surface area contributed by atoms with Gasteiger partial charge in [0.2, 0.25) is 0 Å². The zero-order valence-corrected chi connectivity index (χ0v) is 14.5. The highest BCUT2D eigenvalue weighted by Gasteiger charge is 2.38. The zero-order chi connectivity index (χ0) is 19.6. The van der Waals surface area contributed by atoms with Crippen molar-refractivity contribution in [3.8, 4) is 5.75 Å². The van der Waals surface area contributed by atoms with Gasteiger partial charge < -0.3 is 10.1 Å². The summed E-state index contributed by atoms with van der Waals surface area (Å²) in [6.07, 6.45) is -7.05. The first-order valence-corrected chi connectivity index (χ1v) is 7.77. The molecule has 1 atom stereocenters. The van der Waals surface area contributed by atoms with Crippen LogP contribution in [0.5, 0.6) is 5.75 Å². The molecule has 1 amide bonds. The van der Waals surface area contributed by atoms with Gasteiger partial charge in [0.05, 0.1) is 10.0 Å². The summed E-state index contributed by atoms with van der Waals surface area (Å²) < 4.78 is 83.5. The molecular weight excluding hydrogens is 432 g/mol. The Morgan fingerprint density at radius 1 is 1.12 bits per heavy atom. The van der Waals surface area contributed by atoms with Crippen molar-refractivity contribution in [2.75, 3.05) is 5.32 Å².